The minimum atomic E-state index is -1.72. The van der Waals surface area contributed by atoms with E-state index in [2.05, 4.69) is 77.1 Å². The topological polar surface area (TPSA) is 64.7 Å². The van der Waals surface area contributed by atoms with E-state index >= 15 is 0 Å². The van der Waals surface area contributed by atoms with Crippen molar-refractivity contribution in [2.75, 3.05) is 26.2 Å². The molecule has 0 spiro atoms. The van der Waals surface area contributed by atoms with Crippen molar-refractivity contribution in [2.45, 2.75) is 72.2 Å². The molecule has 6 nitrogen and oxygen atoms in total. The van der Waals surface area contributed by atoms with Gasteiger partial charge in [-0.2, -0.15) is 0 Å². The van der Waals surface area contributed by atoms with Gasteiger partial charge in [0.1, 0.15) is 0 Å². The number of nitrogens with zero attached hydrogens (tertiary/aromatic N) is 2. The van der Waals surface area contributed by atoms with Crippen LogP contribution < -0.4 is 6.61 Å². The van der Waals surface area contributed by atoms with E-state index in [0.29, 0.717) is 7.25 Å². The first-order chi connectivity index (χ1) is 20.9. The summed E-state index contributed by atoms with van der Waals surface area (Å²) < 4.78 is 7.28. The normalized spacial score (nSPS) is 20.6. The standard InChI is InChI=1S/2C13H14N.2C4H11NOSi.In.Zr.H/c2*1-2-6-12-11(5-1)7-8-13(12)14-9-3-4-10-14;2*1-7(2,3)4(5)6;;;/h2*1-2,5-8H,3-4,9-10H2;2*1-3H3,(H2,5,6);;;/q;;;;+2;;/p-2. The molecule has 2 heterocycles. The first kappa shape index (κ1) is 34.0. The predicted molar refractivity (Wildman–Crippen MR) is 187 cm³/mol. The molecule has 6 rings (SSSR count). The van der Waals surface area contributed by atoms with E-state index in [-0.39, 0.29) is 11.1 Å². The van der Waals surface area contributed by atoms with Crippen molar-refractivity contribution >= 4 is 62.1 Å². The van der Waals surface area contributed by atoms with Gasteiger partial charge in [-0.1, -0.05) is 0 Å². The van der Waals surface area contributed by atoms with Crippen LogP contribution in [-0.2, 0) is 23.2 Å². The second kappa shape index (κ2) is 14.6. The van der Waals surface area contributed by atoms with Gasteiger partial charge in [-0.15, -0.1) is 0 Å². The summed E-state index contributed by atoms with van der Waals surface area (Å²) in [5.41, 5.74) is 9.70. The molecule has 4 aliphatic rings. The molecule has 44 heavy (non-hydrogen) atoms. The first-order valence-electron chi connectivity index (χ1n) is 16.4. The van der Waals surface area contributed by atoms with E-state index in [1.54, 1.807) is 22.5 Å². The Morgan fingerprint density at radius 2 is 1.02 bits per heavy atom. The molecule has 2 saturated heterocycles. The Morgan fingerprint density at radius 3 is 1.39 bits per heavy atom. The third-order valence-corrected chi connectivity index (χ3v) is 21.0. The summed E-state index contributed by atoms with van der Waals surface area (Å²) in [6.45, 7) is 17.0. The fourth-order valence-corrected chi connectivity index (χ4v) is 23.2. The first-order valence-corrected chi connectivity index (χ1v) is 30.3. The number of nitrogens with one attached hydrogen (secondary N) is 2. The molecule has 0 saturated carbocycles. The van der Waals surface area contributed by atoms with Gasteiger partial charge in [0, 0.05) is 0 Å². The number of carbonyl (C=O) groups is 2. The van der Waals surface area contributed by atoms with E-state index in [1.165, 1.54) is 63.0 Å². The fraction of sp³-hybridized carbons (Fsp3) is 0.471. The van der Waals surface area contributed by atoms with Gasteiger partial charge < -0.3 is 0 Å². The Hall–Kier alpha value is -1.35. The van der Waals surface area contributed by atoms with Gasteiger partial charge in [0.15, 0.2) is 0 Å². The molecule has 2 amide bonds. The van der Waals surface area contributed by atoms with Crippen LogP contribution in [0, 0.1) is 0 Å². The van der Waals surface area contributed by atoms with Gasteiger partial charge in [-0.25, -0.2) is 0 Å². The molecule has 0 bridgehead atoms. The van der Waals surface area contributed by atoms with Crippen LogP contribution in [0.25, 0.3) is 11.4 Å². The average Bonchev–Trinajstić information content (AvgIpc) is 3.80. The summed E-state index contributed by atoms with van der Waals surface area (Å²) >= 11 is -2.33. The van der Waals surface area contributed by atoms with E-state index in [0.717, 1.165) is 0 Å². The van der Waals surface area contributed by atoms with E-state index in [1.807, 2.05) is 39.3 Å². The number of hydrogen-bond acceptors (Lipinski definition) is 4. The molecule has 2 aromatic carbocycles. The van der Waals surface area contributed by atoms with Crippen molar-refractivity contribution in [3.63, 3.8) is 0 Å². The van der Waals surface area contributed by atoms with Gasteiger partial charge in [-0.05, 0) is 0 Å². The van der Waals surface area contributed by atoms with Crippen LogP contribution in [0.3, 0.4) is 0 Å². The van der Waals surface area contributed by atoms with Crippen LogP contribution >= 0.6 is 0 Å². The average molecular weight is 808 g/mol. The van der Waals surface area contributed by atoms with Crippen LogP contribution in [0.1, 0.15) is 55.2 Å². The van der Waals surface area contributed by atoms with Crippen molar-refractivity contribution in [1.29, 1.82) is 0 Å². The maximum atomic E-state index is 11.6. The molecule has 2 N–H and O–H groups in total. The Balaban J connectivity index is 0.000000220. The molecule has 2 aliphatic carbocycles. The number of likely N-dealkylation sites (tertiary alicyclic amines) is 2. The third-order valence-electron chi connectivity index (χ3n) is 8.91. The van der Waals surface area contributed by atoms with E-state index < -0.39 is 62.9 Å². The Bertz CT molecular complexity index is 1320. The molecule has 2 aromatic rings. The summed E-state index contributed by atoms with van der Waals surface area (Å²) in [5.74, 6) is 0. The summed E-state index contributed by atoms with van der Waals surface area (Å²) in [7, 11) is -3.43. The second-order valence-electron chi connectivity index (χ2n) is 14.5. The van der Waals surface area contributed by atoms with Gasteiger partial charge in [0.2, 0.25) is 0 Å². The Morgan fingerprint density at radius 1 is 0.659 bits per heavy atom. The predicted octanol–water partition coefficient (Wildman–Crippen LogP) is 6.96. The summed E-state index contributed by atoms with van der Waals surface area (Å²) in [6, 6.07) is 18.5. The zero-order chi connectivity index (χ0) is 31.5. The molecule has 2 unspecified atom stereocenters. The van der Waals surface area contributed by atoms with Gasteiger partial charge in [0.25, 0.3) is 0 Å². The summed E-state index contributed by atoms with van der Waals surface area (Å²) in [4.78, 5) is 28.4. The monoisotopic (exact) mass is 806 g/mol. The van der Waals surface area contributed by atoms with Crippen LogP contribution in [0.4, 0.5) is 9.59 Å². The number of rotatable bonds is 8. The summed E-state index contributed by atoms with van der Waals surface area (Å²) in [5, 5.41) is 0. The Kier molecular flexibility index (Phi) is 11.3. The zero-order valence-corrected chi connectivity index (χ0v) is 36.0. The molecule has 10 heteroatoms. The van der Waals surface area contributed by atoms with Crippen molar-refractivity contribution in [2.24, 2.45) is 0 Å². The van der Waals surface area contributed by atoms with Gasteiger partial charge in [0.05, 0.1) is 0 Å². The third kappa shape index (κ3) is 8.13. The van der Waals surface area contributed by atoms with Crippen LogP contribution in [0.5, 0.6) is 0 Å². The van der Waals surface area contributed by atoms with Gasteiger partial charge in [-0.3, -0.25) is 0 Å². The molecule has 2 fully saturated rings. The van der Waals surface area contributed by atoms with Crippen LogP contribution in [0.15, 0.2) is 60.7 Å². The second-order valence-corrected chi connectivity index (χ2v) is 31.3. The fourth-order valence-electron chi connectivity index (χ4n) is 6.35. The minimum absolute atomic E-state index is 0.175. The van der Waals surface area contributed by atoms with Crippen LogP contribution in [-0.4, -0.2) is 86.7 Å². The number of benzene rings is 2. The maximum absolute atomic E-state index is 11.6. The molecule has 232 valence electrons. The quantitative estimate of drug-likeness (QED) is 0.284. The molecular weight excluding hydrogens is 759 g/mol. The van der Waals surface area contributed by atoms with Gasteiger partial charge >= 0.3 is 293 Å². The molecule has 0 aromatic heterocycles. The number of carbonyl (C=O) groups excluding carboxylic acids is 2. The van der Waals surface area contributed by atoms with Crippen molar-refractivity contribution in [3.05, 3.63) is 82.9 Å². The SMILES string of the molecule is C1=C(N2CCCC2)c2ccccc2[CH]1[Zr][CH]1C=C(N2CCCC2)c2ccccc21.C[Si](C)(C)C(=O)[NH][InH][NH]C(=O)[Si](C)(C)C. The molecule has 2 atom stereocenters. The van der Waals surface area contributed by atoms with Crippen LogP contribution in [0.2, 0.25) is 39.3 Å². The molecule has 0 radical (unpaired) electrons. The van der Waals surface area contributed by atoms with E-state index in [9.17, 15) is 9.59 Å². The Labute approximate surface area is 290 Å². The van der Waals surface area contributed by atoms with Crippen molar-refractivity contribution in [1.82, 2.24) is 16.4 Å². The number of fused-ring (bicyclic) bond motifs is 2. The number of allylic oxidation sites excluding steroid dienone is 2. The van der Waals surface area contributed by atoms with E-state index in [4.69, 9.17) is 0 Å². The number of hydrogen-bond donors (Lipinski definition) is 2. The zero-order valence-electron chi connectivity index (χ0n) is 27.5. The molecular formula is C34H49InN4O2Si2Zr. The van der Waals surface area contributed by atoms with Crippen molar-refractivity contribution in [3.8, 4) is 0 Å². The number of amides is 2. The molecule has 2 aliphatic heterocycles. The summed E-state index contributed by atoms with van der Waals surface area (Å²) in [6.07, 6.45) is 10.7. The van der Waals surface area contributed by atoms with Crippen molar-refractivity contribution < 1.29 is 32.8 Å².